The highest BCUT2D eigenvalue weighted by molar-refractivity contribution is 6.05. The molecule has 2 amide bonds. The van der Waals surface area contributed by atoms with Crippen molar-refractivity contribution in [1.82, 2.24) is 4.98 Å². The molecule has 0 spiro atoms. The SMILES string of the molecule is O=C(Nc1cccc(-c2cnco2)c1)c1ccc(N2CCCCC2=O)cc1. The van der Waals surface area contributed by atoms with Gasteiger partial charge in [-0.1, -0.05) is 12.1 Å². The molecule has 0 bridgehead atoms. The van der Waals surface area contributed by atoms with E-state index < -0.39 is 0 Å². The van der Waals surface area contributed by atoms with E-state index in [-0.39, 0.29) is 11.8 Å². The van der Waals surface area contributed by atoms with Crippen molar-refractivity contribution in [3.63, 3.8) is 0 Å². The van der Waals surface area contributed by atoms with Crippen LogP contribution in [0.2, 0.25) is 0 Å². The number of oxazole rings is 1. The molecule has 0 aliphatic carbocycles. The van der Waals surface area contributed by atoms with Gasteiger partial charge in [0.2, 0.25) is 5.91 Å². The summed E-state index contributed by atoms with van der Waals surface area (Å²) in [5, 5.41) is 2.89. The van der Waals surface area contributed by atoms with Crippen molar-refractivity contribution in [2.75, 3.05) is 16.8 Å². The van der Waals surface area contributed by atoms with Gasteiger partial charge in [0.25, 0.3) is 5.91 Å². The van der Waals surface area contributed by atoms with Crippen LogP contribution in [0.3, 0.4) is 0 Å². The van der Waals surface area contributed by atoms with E-state index in [1.807, 2.05) is 36.4 Å². The summed E-state index contributed by atoms with van der Waals surface area (Å²) in [5.41, 5.74) is 2.88. The number of rotatable bonds is 4. The minimum atomic E-state index is -0.207. The normalized spacial score (nSPS) is 14.2. The third-order valence-electron chi connectivity index (χ3n) is 4.60. The van der Waals surface area contributed by atoms with Crippen molar-refractivity contribution in [2.24, 2.45) is 0 Å². The van der Waals surface area contributed by atoms with Gasteiger partial charge in [-0.25, -0.2) is 4.98 Å². The van der Waals surface area contributed by atoms with Crippen LogP contribution in [-0.4, -0.2) is 23.3 Å². The van der Waals surface area contributed by atoms with E-state index in [1.54, 1.807) is 23.2 Å². The summed E-state index contributed by atoms with van der Waals surface area (Å²) in [6.45, 7) is 0.735. The number of benzene rings is 2. The topological polar surface area (TPSA) is 75.4 Å². The molecule has 1 aromatic heterocycles. The van der Waals surface area contributed by atoms with Gasteiger partial charge in [0.05, 0.1) is 6.20 Å². The zero-order chi connectivity index (χ0) is 18.6. The zero-order valence-electron chi connectivity index (χ0n) is 14.7. The fourth-order valence-corrected chi connectivity index (χ4v) is 3.18. The van der Waals surface area contributed by atoms with E-state index in [2.05, 4.69) is 10.3 Å². The maximum absolute atomic E-state index is 12.5. The van der Waals surface area contributed by atoms with E-state index in [0.717, 1.165) is 30.6 Å². The van der Waals surface area contributed by atoms with Gasteiger partial charge in [0.1, 0.15) is 0 Å². The lowest BCUT2D eigenvalue weighted by molar-refractivity contribution is -0.119. The number of hydrogen-bond acceptors (Lipinski definition) is 4. The molecular weight excluding hydrogens is 342 g/mol. The van der Waals surface area contributed by atoms with Crippen LogP contribution < -0.4 is 10.2 Å². The predicted octanol–water partition coefficient (Wildman–Crippen LogP) is 4.11. The minimum absolute atomic E-state index is 0.141. The van der Waals surface area contributed by atoms with Gasteiger partial charge in [0.15, 0.2) is 12.2 Å². The standard InChI is InChI=1S/C21H19N3O3/c25-20-6-1-2-11-24(20)18-9-7-15(8-10-18)21(26)23-17-5-3-4-16(12-17)19-13-22-14-27-19/h3-5,7-10,12-14H,1-2,6,11H2,(H,23,26). The van der Waals surface area contributed by atoms with Crippen molar-refractivity contribution >= 4 is 23.2 Å². The van der Waals surface area contributed by atoms with Gasteiger partial charge < -0.3 is 14.6 Å². The number of nitrogens with zero attached hydrogens (tertiary/aromatic N) is 2. The van der Waals surface area contributed by atoms with Crippen LogP contribution in [0, 0.1) is 0 Å². The summed E-state index contributed by atoms with van der Waals surface area (Å²) in [6, 6.07) is 14.5. The second-order valence-corrected chi connectivity index (χ2v) is 6.45. The quantitative estimate of drug-likeness (QED) is 0.759. The van der Waals surface area contributed by atoms with Crippen molar-refractivity contribution in [2.45, 2.75) is 19.3 Å². The Balaban J connectivity index is 1.47. The van der Waals surface area contributed by atoms with Crippen LogP contribution in [0.25, 0.3) is 11.3 Å². The minimum Gasteiger partial charge on any atom is -0.444 e. The van der Waals surface area contributed by atoms with Crippen LogP contribution >= 0.6 is 0 Å². The van der Waals surface area contributed by atoms with Gasteiger partial charge in [-0.05, 0) is 49.2 Å². The Bertz CT molecular complexity index is 949. The van der Waals surface area contributed by atoms with E-state index in [4.69, 9.17) is 4.42 Å². The fourth-order valence-electron chi connectivity index (χ4n) is 3.18. The van der Waals surface area contributed by atoms with E-state index in [9.17, 15) is 9.59 Å². The first-order valence-electron chi connectivity index (χ1n) is 8.91. The second kappa shape index (κ2) is 7.45. The number of carbonyl (C=O) groups is 2. The number of aromatic nitrogens is 1. The van der Waals surface area contributed by atoms with Crippen LogP contribution in [0.1, 0.15) is 29.6 Å². The lowest BCUT2D eigenvalue weighted by Gasteiger charge is -2.26. The molecule has 2 heterocycles. The molecule has 1 aliphatic rings. The molecule has 136 valence electrons. The second-order valence-electron chi connectivity index (χ2n) is 6.45. The molecule has 6 nitrogen and oxygen atoms in total. The summed E-state index contributed by atoms with van der Waals surface area (Å²) in [5.74, 6) is 0.575. The fraction of sp³-hybridized carbons (Fsp3) is 0.190. The van der Waals surface area contributed by atoms with Gasteiger partial charge in [-0.15, -0.1) is 0 Å². The number of hydrogen-bond donors (Lipinski definition) is 1. The predicted molar refractivity (Wildman–Crippen MR) is 103 cm³/mol. The monoisotopic (exact) mass is 361 g/mol. The van der Waals surface area contributed by atoms with Gasteiger partial charge in [-0.3, -0.25) is 9.59 Å². The number of amides is 2. The highest BCUT2D eigenvalue weighted by atomic mass is 16.3. The van der Waals surface area contributed by atoms with Crippen LogP contribution in [0.15, 0.2) is 65.5 Å². The summed E-state index contributed by atoms with van der Waals surface area (Å²) in [6.07, 6.45) is 5.54. The third-order valence-corrected chi connectivity index (χ3v) is 4.60. The Morgan fingerprint density at radius 2 is 1.96 bits per heavy atom. The lowest BCUT2D eigenvalue weighted by atomic mass is 10.1. The molecule has 0 unspecified atom stereocenters. The first kappa shape index (κ1) is 17.0. The molecule has 0 saturated carbocycles. The van der Waals surface area contributed by atoms with Crippen molar-refractivity contribution in [1.29, 1.82) is 0 Å². The number of piperidine rings is 1. The van der Waals surface area contributed by atoms with E-state index >= 15 is 0 Å². The molecule has 2 aromatic carbocycles. The Morgan fingerprint density at radius 3 is 2.70 bits per heavy atom. The highest BCUT2D eigenvalue weighted by Crippen LogP contribution is 2.24. The summed E-state index contributed by atoms with van der Waals surface area (Å²) < 4.78 is 5.29. The average Bonchev–Trinajstić information content (AvgIpc) is 3.24. The third kappa shape index (κ3) is 3.74. The maximum atomic E-state index is 12.5. The number of nitrogens with one attached hydrogen (secondary N) is 1. The largest absolute Gasteiger partial charge is 0.444 e. The number of anilines is 2. The molecule has 0 radical (unpaired) electrons. The molecule has 1 fully saturated rings. The molecule has 1 aliphatic heterocycles. The summed E-state index contributed by atoms with van der Waals surface area (Å²) in [4.78, 5) is 30.2. The van der Waals surface area contributed by atoms with Gasteiger partial charge in [-0.2, -0.15) is 0 Å². The first-order chi connectivity index (χ1) is 13.2. The molecule has 0 atom stereocenters. The Morgan fingerprint density at radius 1 is 1.11 bits per heavy atom. The maximum Gasteiger partial charge on any atom is 0.255 e. The van der Waals surface area contributed by atoms with Crippen molar-refractivity contribution in [3.8, 4) is 11.3 Å². The van der Waals surface area contributed by atoms with Crippen LogP contribution in [0.4, 0.5) is 11.4 Å². The average molecular weight is 361 g/mol. The van der Waals surface area contributed by atoms with Gasteiger partial charge in [0, 0.05) is 35.5 Å². The number of carbonyl (C=O) groups excluding carboxylic acids is 2. The Labute approximate surface area is 156 Å². The molecular formula is C21H19N3O3. The summed E-state index contributed by atoms with van der Waals surface area (Å²) >= 11 is 0. The van der Waals surface area contributed by atoms with E-state index in [0.29, 0.717) is 23.4 Å². The Kier molecular flexibility index (Phi) is 4.70. The smallest absolute Gasteiger partial charge is 0.255 e. The molecule has 27 heavy (non-hydrogen) atoms. The Hall–Kier alpha value is -3.41. The van der Waals surface area contributed by atoms with Crippen LogP contribution in [0.5, 0.6) is 0 Å². The van der Waals surface area contributed by atoms with Crippen molar-refractivity contribution in [3.05, 3.63) is 66.7 Å². The molecule has 3 aromatic rings. The zero-order valence-corrected chi connectivity index (χ0v) is 14.7. The molecule has 4 rings (SSSR count). The molecule has 6 heteroatoms. The first-order valence-corrected chi connectivity index (χ1v) is 8.91. The van der Waals surface area contributed by atoms with Crippen molar-refractivity contribution < 1.29 is 14.0 Å². The molecule has 1 N–H and O–H groups in total. The lowest BCUT2D eigenvalue weighted by Crippen LogP contribution is -2.35. The van der Waals surface area contributed by atoms with Gasteiger partial charge >= 0.3 is 0 Å². The summed E-state index contributed by atoms with van der Waals surface area (Å²) in [7, 11) is 0. The van der Waals surface area contributed by atoms with Crippen LogP contribution in [-0.2, 0) is 4.79 Å². The molecule has 1 saturated heterocycles. The highest BCUT2D eigenvalue weighted by Gasteiger charge is 2.19. The van der Waals surface area contributed by atoms with E-state index in [1.165, 1.54) is 6.39 Å².